The van der Waals surface area contributed by atoms with Crippen molar-refractivity contribution in [2.24, 2.45) is 4.99 Å². The monoisotopic (exact) mass is 357 g/mol. The van der Waals surface area contributed by atoms with Gasteiger partial charge < -0.3 is 10.6 Å². The molecule has 0 aromatic carbocycles. The van der Waals surface area contributed by atoms with Gasteiger partial charge in [-0.1, -0.05) is 6.07 Å². The Balaban J connectivity index is 1.78. The molecule has 0 fully saturated rings. The minimum absolute atomic E-state index is 0.393. The number of pyridine rings is 1. The second kappa shape index (κ2) is 8.09. The number of hydrogen-bond acceptors (Lipinski definition) is 4. The van der Waals surface area contributed by atoms with Crippen LogP contribution < -0.4 is 10.6 Å². The molecular formula is C15H18F3N5S. The van der Waals surface area contributed by atoms with E-state index in [1.165, 1.54) is 0 Å². The summed E-state index contributed by atoms with van der Waals surface area (Å²) in [6.07, 6.45) is -4.00. The Bertz CT molecular complexity index is 696. The lowest BCUT2D eigenvalue weighted by Gasteiger charge is -2.11. The van der Waals surface area contributed by atoms with Crippen LogP contribution in [0.3, 0.4) is 0 Å². The third kappa shape index (κ3) is 5.48. The van der Waals surface area contributed by atoms with Gasteiger partial charge in [0, 0.05) is 31.1 Å². The third-order valence-corrected chi connectivity index (χ3v) is 3.99. The Kier molecular flexibility index (Phi) is 6.13. The van der Waals surface area contributed by atoms with Crippen LogP contribution in [0.15, 0.2) is 28.6 Å². The van der Waals surface area contributed by atoms with Gasteiger partial charge in [-0.2, -0.15) is 13.2 Å². The first-order valence-electron chi connectivity index (χ1n) is 7.27. The van der Waals surface area contributed by atoms with Gasteiger partial charge in [-0.3, -0.25) is 9.98 Å². The summed E-state index contributed by atoms with van der Waals surface area (Å²) in [5.41, 5.74) is 0.977. The number of aryl methyl sites for hydroxylation is 1. The molecule has 2 heterocycles. The molecule has 2 aromatic rings. The zero-order valence-corrected chi connectivity index (χ0v) is 14.1. The first-order chi connectivity index (χ1) is 11.4. The minimum atomic E-state index is -4.39. The van der Waals surface area contributed by atoms with E-state index < -0.39 is 11.9 Å². The van der Waals surface area contributed by atoms with Crippen molar-refractivity contribution in [1.29, 1.82) is 0 Å². The summed E-state index contributed by atoms with van der Waals surface area (Å²) in [4.78, 5) is 12.0. The van der Waals surface area contributed by atoms with Crippen LogP contribution in [0.5, 0.6) is 0 Å². The number of hydrogen-bond donors (Lipinski definition) is 2. The van der Waals surface area contributed by atoms with E-state index in [0.717, 1.165) is 28.1 Å². The van der Waals surface area contributed by atoms with E-state index in [1.54, 1.807) is 7.05 Å². The van der Waals surface area contributed by atoms with Crippen molar-refractivity contribution >= 4 is 17.3 Å². The van der Waals surface area contributed by atoms with E-state index in [4.69, 9.17) is 0 Å². The molecule has 2 N–H and O–H groups in total. The van der Waals surface area contributed by atoms with Crippen LogP contribution in [0.2, 0.25) is 0 Å². The van der Waals surface area contributed by atoms with Crippen molar-refractivity contribution in [3.8, 4) is 0 Å². The van der Waals surface area contributed by atoms with Gasteiger partial charge in [0.2, 0.25) is 0 Å². The Hall–Kier alpha value is -2.16. The van der Waals surface area contributed by atoms with Crippen molar-refractivity contribution in [1.82, 2.24) is 20.6 Å². The molecule has 0 saturated carbocycles. The molecule has 0 unspecified atom stereocenters. The Morgan fingerprint density at radius 1 is 1.25 bits per heavy atom. The molecular weight excluding hydrogens is 339 g/mol. The molecule has 0 aliphatic heterocycles. The van der Waals surface area contributed by atoms with Crippen LogP contribution in [0, 0.1) is 6.92 Å². The highest BCUT2D eigenvalue weighted by molar-refractivity contribution is 7.09. The summed E-state index contributed by atoms with van der Waals surface area (Å²) >= 11 is 1.01. The van der Waals surface area contributed by atoms with Gasteiger partial charge in [0.05, 0.1) is 17.2 Å². The van der Waals surface area contributed by atoms with E-state index in [9.17, 15) is 13.2 Å². The maximum atomic E-state index is 12.5. The molecule has 0 aliphatic carbocycles. The van der Waals surface area contributed by atoms with E-state index in [1.807, 2.05) is 25.1 Å². The normalized spacial score (nSPS) is 12.3. The molecule has 5 nitrogen and oxygen atoms in total. The van der Waals surface area contributed by atoms with Gasteiger partial charge in [-0.25, -0.2) is 4.98 Å². The van der Waals surface area contributed by atoms with Gasteiger partial charge in [0.1, 0.15) is 0 Å². The first kappa shape index (κ1) is 18.2. The summed E-state index contributed by atoms with van der Waals surface area (Å²) in [5, 5.41) is 7.62. The smallest absolute Gasteiger partial charge is 0.356 e. The van der Waals surface area contributed by atoms with E-state index in [0.29, 0.717) is 30.5 Å². The molecule has 0 radical (unpaired) electrons. The first-order valence-corrected chi connectivity index (χ1v) is 8.15. The number of nitrogens with zero attached hydrogens (tertiary/aromatic N) is 3. The van der Waals surface area contributed by atoms with Gasteiger partial charge in [-0.05, 0) is 19.1 Å². The van der Waals surface area contributed by atoms with Crippen LogP contribution in [0.25, 0.3) is 0 Å². The molecule has 24 heavy (non-hydrogen) atoms. The second-order valence-corrected chi connectivity index (χ2v) is 5.94. The standard InChI is InChI=1S/C15H18F3N5S/c1-10-4-3-5-11(22-10)8-21-14(19-2)20-7-6-13-23-12(9-24-13)15(16,17)18/h3-5,9H,6-8H2,1-2H3,(H2,19,20,21). The van der Waals surface area contributed by atoms with Crippen LogP contribution in [-0.2, 0) is 19.1 Å². The van der Waals surface area contributed by atoms with Crippen LogP contribution in [-0.4, -0.2) is 29.5 Å². The number of halogens is 3. The van der Waals surface area contributed by atoms with E-state index in [2.05, 4.69) is 25.6 Å². The maximum Gasteiger partial charge on any atom is 0.434 e. The molecule has 2 aromatic heterocycles. The Morgan fingerprint density at radius 3 is 2.67 bits per heavy atom. The van der Waals surface area contributed by atoms with E-state index >= 15 is 0 Å². The number of nitrogens with one attached hydrogen (secondary N) is 2. The quantitative estimate of drug-likeness (QED) is 0.638. The molecule has 0 amide bonds. The summed E-state index contributed by atoms with van der Waals surface area (Å²) in [6, 6.07) is 5.75. The van der Waals surface area contributed by atoms with Crippen molar-refractivity contribution in [3.05, 3.63) is 45.7 Å². The fourth-order valence-electron chi connectivity index (χ4n) is 1.94. The van der Waals surface area contributed by atoms with Crippen LogP contribution in [0.4, 0.5) is 13.2 Å². The molecule has 130 valence electrons. The molecule has 0 atom stereocenters. The molecule has 0 spiro atoms. The van der Waals surface area contributed by atoms with Gasteiger partial charge in [0.25, 0.3) is 0 Å². The SMILES string of the molecule is CN=C(NCCc1nc(C(F)(F)F)cs1)NCc1cccc(C)n1. The highest BCUT2D eigenvalue weighted by atomic mass is 32.1. The number of rotatable bonds is 5. The second-order valence-electron chi connectivity index (χ2n) is 5.00. The number of aliphatic imine (C=N–C) groups is 1. The maximum absolute atomic E-state index is 12.5. The lowest BCUT2D eigenvalue weighted by Crippen LogP contribution is -2.38. The summed E-state index contributed by atoms with van der Waals surface area (Å²) in [7, 11) is 1.63. The topological polar surface area (TPSA) is 62.2 Å². The summed E-state index contributed by atoms with van der Waals surface area (Å²) in [5.74, 6) is 0.561. The zero-order chi connectivity index (χ0) is 17.6. The number of thiazole rings is 1. The average molecular weight is 357 g/mol. The van der Waals surface area contributed by atoms with Crippen molar-refractivity contribution in [2.75, 3.05) is 13.6 Å². The fraction of sp³-hybridized carbons (Fsp3) is 0.400. The lowest BCUT2D eigenvalue weighted by molar-refractivity contribution is -0.140. The Morgan fingerprint density at radius 2 is 2.04 bits per heavy atom. The van der Waals surface area contributed by atoms with Gasteiger partial charge in [-0.15, -0.1) is 11.3 Å². The van der Waals surface area contributed by atoms with Crippen molar-refractivity contribution in [3.63, 3.8) is 0 Å². The predicted molar refractivity (Wildman–Crippen MR) is 88.0 cm³/mol. The lowest BCUT2D eigenvalue weighted by atomic mass is 10.3. The number of guanidine groups is 1. The highest BCUT2D eigenvalue weighted by Gasteiger charge is 2.33. The predicted octanol–water partition coefficient (Wildman–Crippen LogP) is 2.77. The minimum Gasteiger partial charge on any atom is -0.356 e. The molecule has 0 bridgehead atoms. The van der Waals surface area contributed by atoms with Gasteiger partial charge >= 0.3 is 6.18 Å². The number of alkyl halides is 3. The van der Waals surface area contributed by atoms with Crippen LogP contribution >= 0.6 is 11.3 Å². The van der Waals surface area contributed by atoms with E-state index in [-0.39, 0.29) is 0 Å². The zero-order valence-electron chi connectivity index (χ0n) is 13.3. The largest absolute Gasteiger partial charge is 0.434 e. The molecule has 0 aliphatic rings. The van der Waals surface area contributed by atoms with Crippen molar-refractivity contribution < 1.29 is 13.2 Å². The molecule has 0 saturated heterocycles. The molecule has 2 rings (SSSR count). The highest BCUT2D eigenvalue weighted by Crippen LogP contribution is 2.29. The fourth-order valence-corrected chi connectivity index (χ4v) is 2.74. The summed E-state index contributed by atoms with van der Waals surface area (Å²) in [6.45, 7) is 2.86. The average Bonchev–Trinajstić information content (AvgIpc) is 3.00. The van der Waals surface area contributed by atoms with Crippen molar-refractivity contribution in [2.45, 2.75) is 26.1 Å². The summed E-state index contributed by atoms with van der Waals surface area (Å²) < 4.78 is 37.5. The number of aromatic nitrogens is 2. The van der Waals surface area contributed by atoms with Gasteiger partial charge in [0.15, 0.2) is 11.7 Å². The van der Waals surface area contributed by atoms with Crippen LogP contribution in [0.1, 0.15) is 22.1 Å². The molecule has 9 heteroatoms. The Labute approximate surface area is 142 Å². The third-order valence-electron chi connectivity index (χ3n) is 3.08.